The third kappa shape index (κ3) is 6.27. The Labute approximate surface area is 224 Å². The van der Waals surface area contributed by atoms with Gasteiger partial charge in [-0.1, -0.05) is 19.1 Å². The fraction of sp³-hybridized carbons (Fsp3) is 0.483. The summed E-state index contributed by atoms with van der Waals surface area (Å²) in [5.41, 5.74) is 3.13. The minimum absolute atomic E-state index is 0.129. The number of carbonyl (C=O) groups excluding carboxylic acids is 2. The zero-order valence-corrected chi connectivity index (χ0v) is 22.6. The van der Waals surface area contributed by atoms with Crippen LogP contribution < -0.4 is 14.8 Å². The number of carbonyl (C=O) groups is 2. The van der Waals surface area contributed by atoms with E-state index in [1.807, 2.05) is 32.0 Å². The van der Waals surface area contributed by atoms with E-state index in [0.29, 0.717) is 23.5 Å². The molecule has 1 aromatic carbocycles. The molecule has 0 saturated carbocycles. The first-order valence-corrected chi connectivity index (χ1v) is 13.2. The number of fused-ring (bicyclic) bond motifs is 1. The Morgan fingerprint density at radius 3 is 2.87 bits per heavy atom. The fourth-order valence-corrected chi connectivity index (χ4v) is 4.87. The Morgan fingerprint density at radius 1 is 1.34 bits per heavy atom. The molecule has 0 unspecified atom stereocenters. The van der Waals surface area contributed by atoms with Gasteiger partial charge < -0.3 is 29.7 Å². The van der Waals surface area contributed by atoms with Crippen LogP contribution in [0.5, 0.6) is 11.6 Å². The SMILES string of the molecule is COc1cccc(NC(=O)N(C)C[C@H]2Oc3ncc(C4=CCCCC4)cc3C(=O)N([C@H](C)CO)C[C@H]2C)c1. The Kier molecular flexibility index (Phi) is 8.89. The van der Waals surface area contributed by atoms with E-state index in [1.165, 1.54) is 12.0 Å². The summed E-state index contributed by atoms with van der Waals surface area (Å²) >= 11 is 0. The molecule has 9 nitrogen and oxygen atoms in total. The standard InChI is InChI=1S/C29H38N4O5/c1-19-16-33(20(2)18-34)28(35)25-13-22(21-9-6-5-7-10-21)15-30-27(25)38-26(19)17-32(3)29(36)31-23-11-8-12-24(14-23)37-4/h8-9,11-15,19-20,26,34H,5-7,10,16-18H2,1-4H3,(H,31,36)/t19-,20-,26-/m1/s1. The molecule has 3 atom stereocenters. The van der Waals surface area contributed by atoms with Crippen molar-refractivity contribution in [2.45, 2.75) is 51.7 Å². The number of pyridine rings is 1. The number of hydrogen-bond donors (Lipinski definition) is 2. The summed E-state index contributed by atoms with van der Waals surface area (Å²) in [6.45, 7) is 4.31. The second kappa shape index (κ2) is 12.3. The minimum Gasteiger partial charge on any atom is -0.497 e. The van der Waals surface area contributed by atoms with Crippen LogP contribution >= 0.6 is 0 Å². The maximum atomic E-state index is 13.7. The van der Waals surface area contributed by atoms with E-state index in [0.717, 1.165) is 24.8 Å². The van der Waals surface area contributed by atoms with Gasteiger partial charge in [-0.05, 0) is 61.9 Å². The molecular weight excluding hydrogens is 484 g/mol. The first-order chi connectivity index (χ1) is 18.3. The van der Waals surface area contributed by atoms with Crippen LogP contribution in [0.4, 0.5) is 10.5 Å². The molecule has 38 heavy (non-hydrogen) atoms. The number of hydrogen-bond acceptors (Lipinski definition) is 6. The van der Waals surface area contributed by atoms with Crippen molar-refractivity contribution in [1.29, 1.82) is 0 Å². The molecular formula is C29H38N4O5. The molecule has 3 amide bonds. The number of aliphatic hydroxyl groups is 1. The van der Waals surface area contributed by atoms with Crippen LogP contribution in [0, 0.1) is 5.92 Å². The van der Waals surface area contributed by atoms with Crippen LogP contribution in [0.3, 0.4) is 0 Å². The van der Waals surface area contributed by atoms with Gasteiger partial charge >= 0.3 is 6.03 Å². The molecule has 2 N–H and O–H groups in total. The number of likely N-dealkylation sites (N-methyl/N-ethyl adjacent to an activating group) is 1. The maximum absolute atomic E-state index is 13.7. The summed E-state index contributed by atoms with van der Waals surface area (Å²) in [5, 5.41) is 12.8. The van der Waals surface area contributed by atoms with Crippen molar-refractivity contribution in [3.05, 3.63) is 53.7 Å². The molecule has 9 heteroatoms. The highest BCUT2D eigenvalue weighted by Gasteiger charge is 2.35. The van der Waals surface area contributed by atoms with Crippen molar-refractivity contribution >= 4 is 23.2 Å². The number of aliphatic hydroxyl groups excluding tert-OH is 1. The Hall–Kier alpha value is -3.59. The normalized spacial score (nSPS) is 20.3. The van der Waals surface area contributed by atoms with Crippen molar-refractivity contribution < 1.29 is 24.2 Å². The number of anilines is 1. The molecule has 4 rings (SSSR count). The average molecular weight is 523 g/mol. The molecule has 2 aromatic rings. The lowest BCUT2D eigenvalue weighted by Gasteiger charge is -2.37. The second-order valence-electron chi connectivity index (χ2n) is 10.2. The number of rotatable bonds is 7. The van der Waals surface area contributed by atoms with Crippen molar-refractivity contribution in [3.63, 3.8) is 0 Å². The Balaban J connectivity index is 1.59. The van der Waals surface area contributed by atoms with Crippen LogP contribution in [-0.4, -0.2) is 77.8 Å². The van der Waals surface area contributed by atoms with Gasteiger partial charge in [0.1, 0.15) is 17.4 Å². The van der Waals surface area contributed by atoms with Gasteiger partial charge in [-0.25, -0.2) is 9.78 Å². The highest BCUT2D eigenvalue weighted by atomic mass is 16.5. The molecule has 0 radical (unpaired) electrons. The van der Waals surface area contributed by atoms with E-state index in [4.69, 9.17) is 9.47 Å². The molecule has 1 aromatic heterocycles. The van der Waals surface area contributed by atoms with Crippen molar-refractivity contribution in [3.8, 4) is 11.6 Å². The largest absolute Gasteiger partial charge is 0.497 e. The fourth-order valence-electron chi connectivity index (χ4n) is 4.87. The van der Waals surface area contributed by atoms with Crippen LogP contribution in [-0.2, 0) is 0 Å². The molecule has 0 bridgehead atoms. The van der Waals surface area contributed by atoms with E-state index in [1.54, 1.807) is 42.3 Å². The lowest BCUT2D eigenvalue weighted by molar-refractivity contribution is 0.0356. The number of methoxy groups -OCH3 is 1. The number of nitrogens with one attached hydrogen (secondary N) is 1. The van der Waals surface area contributed by atoms with Gasteiger partial charge in [0.05, 0.1) is 26.3 Å². The van der Waals surface area contributed by atoms with Crippen molar-refractivity contribution in [2.75, 3.05) is 39.2 Å². The summed E-state index contributed by atoms with van der Waals surface area (Å²) in [6.07, 6.45) is 7.83. The van der Waals surface area contributed by atoms with Crippen LogP contribution in [0.1, 0.15) is 55.5 Å². The lowest BCUT2D eigenvalue weighted by Crippen LogP contribution is -2.50. The van der Waals surface area contributed by atoms with E-state index in [-0.39, 0.29) is 42.9 Å². The summed E-state index contributed by atoms with van der Waals surface area (Å²) in [5.74, 6) is 0.567. The molecule has 2 heterocycles. The number of benzene rings is 1. The maximum Gasteiger partial charge on any atom is 0.321 e. The first kappa shape index (κ1) is 27.4. The Bertz CT molecular complexity index is 1180. The summed E-state index contributed by atoms with van der Waals surface area (Å²) in [7, 11) is 3.28. The summed E-state index contributed by atoms with van der Waals surface area (Å²) in [4.78, 5) is 34.5. The van der Waals surface area contributed by atoms with E-state index >= 15 is 0 Å². The topological polar surface area (TPSA) is 104 Å². The van der Waals surface area contributed by atoms with Gasteiger partial charge in [-0.2, -0.15) is 0 Å². The van der Waals surface area contributed by atoms with Crippen LogP contribution in [0.15, 0.2) is 42.6 Å². The predicted octanol–water partition coefficient (Wildman–Crippen LogP) is 4.43. The minimum atomic E-state index is -0.427. The van der Waals surface area contributed by atoms with Crippen molar-refractivity contribution in [2.24, 2.45) is 5.92 Å². The molecule has 204 valence electrons. The zero-order chi connectivity index (χ0) is 27.2. The van der Waals surface area contributed by atoms with Gasteiger partial charge in [0.2, 0.25) is 5.88 Å². The zero-order valence-electron chi connectivity index (χ0n) is 22.6. The van der Waals surface area contributed by atoms with E-state index < -0.39 is 6.10 Å². The molecule has 1 aliphatic carbocycles. The van der Waals surface area contributed by atoms with E-state index in [2.05, 4.69) is 16.4 Å². The molecule has 2 aliphatic rings. The highest BCUT2D eigenvalue weighted by Crippen LogP contribution is 2.32. The number of nitrogens with zero attached hydrogens (tertiary/aromatic N) is 3. The average Bonchev–Trinajstić information content (AvgIpc) is 2.94. The smallest absolute Gasteiger partial charge is 0.321 e. The molecule has 0 saturated heterocycles. The third-order valence-corrected chi connectivity index (χ3v) is 7.30. The molecule has 0 spiro atoms. The van der Waals surface area contributed by atoms with E-state index in [9.17, 15) is 14.7 Å². The van der Waals surface area contributed by atoms with Gasteiger partial charge in [0, 0.05) is 37.5 Å². The quantitative estimate of drug-likeness (QED) is 0.558. The number of ether oxygens (including phenoxy) is 2. The van der Waals surface area contributed by atoms with Gasteiger partial charge in [0.25, 0.3) is 5.91 Å². The number of aromatic nitrogens is 1. The predicted molar refractivity (Wildman–Crippen MR) is 146 cm³/mol. The van der Waals surface area contributed by atoms with Crippen molar-refractivity contribution in [1.82, 2.24) is 14.8 Å². The molecule has 1 aliphatic heterocycles. The first-order valence-electron chi connectivity index (χ1n) is 13.2. The molecule has 0 fully saturated rings. The third-order valence-electron chi connectivity index (χ3n) is 7.30. The van der Waals surface area contributed by atoms with Crippen LogP contribution in [0.2, 0.25) is 0 Å². The van der Waals surface area contributed by atoms with Crippen LogP contribution in [0.25, 0.3) is 5.57 Å². The van der Waals surface area contributed by atoms with Gasteiger partial charge in [-0.15, -0.1) is 0 Å². The summed E-state index contributed by atoms with van der Waals surface area (Å²) in [6, 6.07) is 8.37. The van der Waals surface area contributed by atoms with Gasteiger partial charge in [0.15, 0.2) is 0 Å². The second-order valence-corrected chi connectivity index (χ2v) is 10.2. The number of amides is 3. The lowest BCUT2D eigenvalue weighted by atomic mass is 9.93. The summed E-state index contributed by atoms with van der Waals surface area (Å²) < 4.78 is 11.6. The Morgan fingerprint density at radius 2 is 2.16 bits per heavy atom. The number of allylic oxidation sites excluding steroid dienone is 2. The van der Waals surface area contributed by atoms with Gasteiger partial charge in [-0.3, -0.25) is 4.79 Å². The highest BCUT2D eigenvalue weighted by molar-refractivity contribution is 5.97. The monoisotopic (exact) mass is 522 g/mol. The number of urea groups is 1.